The average molecular weight is 449 g/mol. The topological polar surface area (TPSA) is 49.9 Å². The van der Waals surface area contributed by atoms with Gasteiger partial charge in [0.1, 0.15) is 11.5 Å². The number of terminal acetylenes is 1. The summed E-state index contributed by atoms with van der Waals surface area (Å²) in [6, 6.07) is 7.50. The Labute approximate surface area is 198 Å². The molecule has 176 valence electrons. The summed E-state index contributed by atoms with van der Waals surface area (Å²) in [5, 5.41) is 0. The standard InChI is InChI=1S/C28H36N2O3/c1-6-22(26(31)29-18-8-7-9-19-29)14-17-25-21(2)11-10-20-30(25)24-15-12-23(13-16-24)27(32)33-28(3,4)5/h1,12-17,22H,7-11,18-20H2,2-5H3/b17-14-. The lowest BCUT2D eigenvalue weighted by molar-refractivity contribution is -0.133. The van der Waals surface area contributed by atoms with Crippen molar-refractivity contribution >= 4 is 17.6 Å². The normalized spacial score (nSPS) is 18.3. The van der Waals surface area contributed by atoms with Crippen molar-refractivity contribution in [1.29, 1.82) is 0 Å². The van der Waals surface area contributed by atoms with Gasteiger partial charge in [-0.05, 0) is 95.7 Å². The molecule has 0 saturated carbocycles. The van der Waals surface area contributed by atoms with Gasteiger partial charge in [-0.2, -0.15) is 0 Å². The molecule has 1 atom stereocenters. The van der Waals surface area contributed by atoms with Gasteiger partial charge < -0.3 is 14.5 Å². The van der Waals surface area contributed by atoms with Crippen molar-refractivity contribution in [2.24, 2.45) is 5.92 Å². The third kappa shape index (κ3) is 6.51. The second-order valence-electron chi connectivity index (χ2n) is 9.86. The Hall–Kier alpha value is -3.00. The molecule has 1 aromatic rings. The SMILES string of the molecule is C#CC(/C=C\C1=C(C)CCCN1c1ccc(C(=O)OC(C)(C)C)cc1)C(=O)N1CCCCC1. The zero-order chi connectivity index (χ0) is 24.0. The maximum absolute atomic E-state index is 12.9. The number of anilines is 1. The van der Waals surface area contributed by atoms with Crippen LogP contribution in [0.15, 0.2) is 47.7 Å². The van der Waals surface area contributed by atoms with Crippen LogP contribution in [0.4, 0.5) is 5.69 Å². The van der Waals surface area contributed by atoms with E-state index in [0.717, 1.165) is 56.7 Å². The smallest absolute Gasteiger partial charge is 0.338 e. The molecular weight excluding hydrogens is 412 g/mol. The molecule has 0 spiro atoms. The van der Waals surface area contributed by atoms with Gasteiger partial charge in [0.15, 0.2) is 0 Å². The van der Waals surface area contributed by atoms with Crippen LogP contribution in [0.2, 0.25) is 0 Å². The van der Waals surface area contributed by atoms with E-state index in [4.69, 9.17) is 11.2 Å². The van der Waals surface area contributed by atoms with Crippen LogP contribution in [0.3, 0.4) is 0 Å². The molecule has 1 saturated heterocycles. The molecule has 5 heteroatoms. The molecule has 2 aliphatic heterocycles. The van der Waals surface area contributed by atoms with Gasteiger partial charge in [-0.15, -0.1) is 6.42 Å². The Morgan fingerprint density at radius 2 is 1.73 bits per heavy atom. The summed E-state index contributed by atoms with van der Waals surface area (Å²) in [7, 11) is 0. The molecule has 0 aromatic heterocycles. The number of amides is 1. The molecule has 2 heterocycles. The maximum atomic E-state index is 12.9. The van der Waals surface area contributed by atoms with Gasteiger partial charge in [0.05, 0.1) is 5.56 Å². The number of ether oxygens (including phenoxy) is 1. The highest BCUT2D eigenvalue weighted by Crippen LogP contribution is 2.30. The monoisotopic (exact) mass is 448 g/mol. The number of hydrogen-bond acceptors (Lipinski definition) is 4. The summed E-state index contributed by atoms with van der Waals surface area (Å²) in [5.74, 6) is 1.82. The highest BCUT2D eigenvalue weighted by molar-refractivity contribution is 5.90. The van der Waals surface area contributed by atoms with Crippen LogP contribution < -0.4 is 4.90 Å². The van der Waals surface area contributed by atoms with Crippen molar-refractivity contribution in [2.75, 3.05) is 24.5 Å². The van der Waals surface area contributed by atoms with Gasteiger partial charge in [0.25, 0.3) is 0 Å². The number of likely N-dealkylation sites (tertiary alicyclic amines) is 1. The van der Waals surface area contributed by atoms with E-state index in [9.17, 15) is 9.59 Å². The fraction of sp³-hybridized carbons (Fsp3) is 0.500. The van der Waals surface area contributed by atoms with E-state index in [1.165, 1.54) is 12.0 Å². The van der Waals surface area contributed by atoms with E-state index < -0.39 is 11.5 Å². The van der Waals surface area contributed by atoms with Gasteiger partial charge in [-0.3, -0.25) is 4.79 Å². The zero-order valence-electron chi connectivity index (χ0n) is 20.4. The Kier molecular flexibility index (Phi) is 8.02. The van der Waals surface area contributed by atoms with Crippen LogP contribution in [-0.4, -0.2) is 42.0 Å². The van der Waals surface area contributed by atoms with Crippen LogP contribution in [-0.2, 0) is 9.53 Å². The molecule has 1 fully saturated rings. The second kappa shape index (κ2) is 10.7. The van der Waals surface area contributed by atoms with Crippen LogP contribution in [0.5, 0.6) is 0 Å². The van der Waals surface area contributed by atoms with E-state index in [0.29, 0.717) is 5.56 Å². The summed E-state index contributed by atoms with van der Waals surface area (Å²) in [5.41, 5.74) is 3.33. The molecule has 1 amide bonds. The predicted octanol–water partition coefficient (Wildman–Crippen LogP) is 5.33. The summed E-state index contributed by atoms with van der Waals surface area (Å²) in [6.07, 6.45) is 14.9. The van der Waals surface area contributed by atoms with E-state index in [1.54, 1.807) is 12.1 Å². The minimum Gasteiger partial charge on any atom is -0.456 e. The molecular formula is C28H36N2O3. The van der Waals surface area contributed by atoms with Gasteiger partial charge in [0, 0.05) is 31.0 Å². The van der Waals surface area contributed by atoms with Gasteiger partial charge in [0.2, 0.25) is 5.91 Å². The second-order valence-corrected chi connectivity index (χ2v) is 9.86. The molecule has 0 radical (unpaired) electrons. The number of allylic oxidation sites excluding steroid dienone is 2. The largest absolute Gasteiger partial charge is 0.456 e. The first kappa shape index (κ1) is 24.6. The van der Waals surface area contributed by atoms with E-state index in [2.05, 4.69) is 17.7 Å². The number of carbonyl (C=O) groups excluding carboxylic acids is 2. The minimum absolute atomic E-state index is 0.0239. The third-order valence-corrected chi connectivity index (χ3v) is 6.04. The summed E-state index contributed by atoms with van der Waals surface area (Å²) >= 11 is 0. The number of rotatable bonds is 5. The number of esters is 1. The van der Waals surface area contributed by atoms with Crippen molar-refractivity contribution in [1.82, 2.24) is 4.90 Å². The molecule has 1 aromatic carbocycles. The Morgan fingerprint density at radius 1 is 1.06 bits per heavy atom. The Morgan fingerprint density at radius 3 is 2.33 bits per heavy atom. The van der Waals surface area contributed by atoms with E-state index in [-0.39, 0.29) is 11.9 Å². The summed E-state index contributed by atoms with van der Waals surface area (Å²) in [6.45, 7) is 10.2. The van der Waals surface area contributed by atoms with Crippen molar-refractivity contribution in [3.8, 4) is 12.3 Å². The number of benzene rings is 1. The number of nitrogens with zero attached hydrogens (tertiary/aromatic N) is 2. The molecule has 5 nitrogen and oxygen atoms in total. The molecule has 0 N–H and O–H groups in total. The maximum Gasteiger partial charge on any atom is 0.338 e. The van der Waals surface area contributed by atoms with Gasteiger partial charge >= 0.3 is 5.97 Å². The first-order chi connectivity index (χ1) is 15.7. The fourth-order valence-electron chi connectivity index (χ4n) is 4.30. The highest BCUT2D eigenvalue weighted by atomic mass is 16.6. The first-order valence-electron chi connectivity index (χ1n) is 11.9. The molecule has 2 aliphatic rings. The van der Waals surface area contributed by atoms with Gasteiger partial charge in [-0.1, -0.05) is 12.0 Å². The molecule has 0 bridgehead atoms. The van der Waals surface area contributed by atoms with Crippen LogP contribution in [0.25, 0.3) is 0 Å². The molecule has 0 aliphatic carbocycles. The van der Waals surface area contributed by atoms with Crippen molar-refractivity contribution < 1.29 is 14.3 Å². The van der Waals surface area contributed by atoms with Crippen LogP contribution >= 0.6 is 0 Å². The average Bonchev–Trinajstić information content (AvgIpc) is 2.79. The summed E-state index contributed by atoms with van der Waals surface area (Å²) < 4.78 is 5.47. The van der Waals surface area contributed by atoms with Crippen molar-refractivity contribution in [3.63, 3.8) is 0 Å². The Balaban J connectivity index is 1.77. The molecule has 33 heavy (non-hydrogen) atoms. The summed E-state index contributed by atoms with van der Waals surface area (Å²) in [4.78, 5) is 29.4. The molecule has 3 rings (SSSR count). The van der Waals surface area contributed by atoms with E-state index in [1.807, 2.05) is 50.0 Å². The predicted molar refractivity (Wildman–Crippen MR) is 133 cm³/mol. The van der Waals surface area contributed by atoms with Crippen molar-refractivity contribution in [3.05, 3.63) is 53.3 Å². The minimum atomic E-state index is -0.554. The lowest BCUT2D eigenvalue weighted by Crippen LogP contribution is -2.39. The van der Waals surface area contributed by atoms with Gasteiger partial charge in [-0.25, -0.2) is 4.79 Å². The number of hydrogen-bond donors (Lipinski definition) is 0. The quantitative estimate of drug-likeness (QED) is 0.451. The van der Waals surface area contributed by atoms with E-state index >= 15 is 0 Å². The lowest BCUT2D eigenvalue weighted by atomic mass is 9.99. The third-order valence-electron chi connectivity index (χ3n) is 6.04. The zero-order valence-corrected chi connectivity index (χ0v) is 20.4. The van der Waals surface area contributed by atoms with Crippen LogP contribution in [0.1, 0.15) is 70.2 Å². The lowest BCUT2D eigenvalue weighted by Gasteiger charge is -2.32. The number of carbonyl (C=O) groups is 2. The van der Waals surface area contributed by atoms with Crippen molar-refractivity contribution in [2.45, 2.75) is 65.4 Å². The molecule has 1 unspecified atom stereocenters. The highest BCUT2D eigenvalue weighted by Gasteiger charge is 2.24. The Bertz CT molecular complexity index is 954. The fourth-order valence-corrected chi connectivity index (χ4v) is 4.30. The van der Waals surface area contributed by atoms with Crippen LogP contribution in [0, 0.1) is 18.3 Å². The number of piperidine rings is 1. The first-order valence-corrected chi connectivity index (χ1v) is 11.9.